The van der Waals surface area contributed by atoms with Crippen LogP contribution in [0, 0.1) is 0 Å². The monoisotopic (exact) mass is 725 g/mol. The third-order valence-corrected chi connectivity index (χ3v) is 9.14. The van der Waals surface area contributed by atoms with Crippen molar-refractivity contribution in [2.75, 3.05) is 33.8 Å². The van der Waals surface area contributed by atoms with Gasteiger partial charge in [0.05, 0.1) is 28.8 Å². The van der Waals surface area contributed by atoms with Gasteiger partial charge in [-0.25, -0.2) is 9.78 Å². The minimum absolute atomic E-state index is 0.113. The molecule has 0 bridgehead atoms. The lowest BCUT2D eigenvalue weighted by Crippen LogP contribution is -2.41. The van der Waals surface area contributed by atoms with Gasteiger partial charge in [-0.1, -0.05) is 39.5 Å². The second-order valence-electron chi connectivity index (χ2n) is 12.6. The summed E-state index contributed by atoms with van der Waals surface area (Å²) in [6, 6.07) is 5.03. The number of nitrogens with one attached hydrogen (secondary N) is 2. The minimum atomic E-state index is -0.940. The number of unbranched alkanes of at least 4 members (excludes halogenated alkanes) is 4. The van der Waals surface area contributed by atoms with E-state index in [1.807, 2.05) is 18.9 Å². The maximum absolute atomic E-state index is 13.2. The molecule has 3 amide bonds. The fourth-order valence-corrected chi connectivity index (χ4v) is 6.19. The first kappa shape index (κ1) is 40.8. The summed E-state index contributed by atoms with van der Waals surface area (Å²) < 4.78 is 10.7. The zero-order valence-electron chi connectivity index (χ0n) is 30.2. The third kappa shape index (κ3) is 11.7. The summed E-state index contributed by atoms with van der Waals surface area (Å²) in [6.45, 7) is 6.24. The topological polar surface area (TPSA) is 167 Å². The molecule has 3 N–H and O–H groups in total. The lowest BCUT2D eigenvalue weighted by molar-refractivity contribution is -0.128. The van der Waals surface area contributed by atoms with Crippen molar-refractivity contribution in [3.63, 3.8) is 0 Å². The SMILES string of the molecule is CCCCCCCC(=O)NCC(=O)NC(S)CCN(C)C(=O)OC(C)C(/C=C1/c2nc3ccc(O)cc3c(CC)c2CN1C)=C(/C=O)COC=O. The van der Waals surface area contributed by atoms with Gasteiger partial charge < -0.3 is 35.0 Å². The second kappa shape index (κ2) is 20.3. The molecule has 0 radical (unpaired) electrons. The first-order valence-electron chi connectivity index (χ1n) is 17.4. The number of aldehydes is 1. The predicted molar refractivity (Wildman–Crippen MR) is 198 cm³/mol. The number of carbonyl (C=O) groups excluding carboxylic acids is 5. The molecule has 0 aliphatic carbocycles. The Bertz CT molecular complexity index is 1630. The van der Waals surface area contributed by atoms with Crippen LogP contribution in [-0.4, -0.2) is 95.8 Å². The van der Waals surface area contributed by atoms with Crippen LogP contribution in [-0.2, 0) is 41.6 Å². The number of phenolic OH excluding ortho intramolecular Hbond substituents is 1. The first-order chi connectivity index (χ1) is 24.4. The van der Waals surface area contributed by atoms with E-state index in [0.29, 0.717) is 54.6 Å². The highest BCUT2D eigenvalue weighted by Gasteiger charge is 2.29. The highest BCUT2D eigenvalue weighted by molar-refractivity contribution is 7.80. The van der Waals surface area contributed by atoms with E-state index in [9.17, 15) is 29.1 Å². The quantitative estimate of drug-likeness (QED) is 0.0496. The van der Waals surface area contributed by atoms with Crippen LogP contribution >= 0.6 is 12.6 Å². The Hall–Kier alpha value is -4.59. The minimum Gasteiger partial charge on any atom is -0.508 e. The highest BCUT2D eigenvalue weighted by Crippen LogP contribution is 2.38. The molecular weight excluding hydrogens is 675 g/mol. The molecule has 13 nitrogen and oxygen atoms in total. The molecule has 0 saturated carbocycles. The Labute approximate surface area is 305 Å². The zero-order chi connectivity index (χ0) is 37.5. The van der Waals surface area contributed by atoms with E-state index in [1.165, 1.54) is 11.9 Å². The molecule has 51 heavy (non-hydrogen) atoms. The van der Waals surface area contributed by atoms with Gasteiger partial charge in [0.25, 0.3) is 6.47 Å². The standard InChI is InChI=1S/C37H51N5O8S/c1-6-8-9-10-11-12-33(46)38-19-34(47)40-35(51)15-16-41(4)37(48)50-24(3)28(25(21-43)22-49-23-44)18-32-36-30(20-42(32)5)27(7-2)29-17-26(45)13-14-31(29)39-36/h13-14,17-18,21,23-24,35,45,51H,6-12,15-16,19-20,22H2,1-5H3,(H,38,46)(H,40,47)/b28-25-,32-18-. The number of phenols is 1. The third-order valence-electron chi connectivity index (χ3n) is 8.75. The smallest absolute Gasteiger partial charge is 0.410 e. The van der Waals surface area contributed by atoms with Gasteiger partial charge in [-0.2, -0.15) is 12.6 Å². The zero-order valence-corrected chi connectivity index (χ0v) is 31.1. The molecule has 2 unspecified atom stereocenters. The van der Waals surface area contributed by atoms with Crippen LogP contribution in [0.3, 0.4) is 0 Å². The summed E-state index contributed by atoms with van der Waals surface area (Å²) in [5.74, 6) is -0.412. The Morgan fingerprint density at radius 3 is 2.57 bits per heavy atom. The number of aromatic hydroxyl groups is 1. The molecule has 0 saturated heterocycles. The van der Waals surface area contributed by atoms with Crippen LogP contribution < -0.4 is 10.6 Å². The number of aryl methyl sites for hydroxylation is 1. The number of hydrogen-bond donors (Lipinski definition) is 4. The van der Waals surface area contributed by atoms with Crippen LogP contribution in [0.25, 0.3) is 16.6 Å². The summed E-state index contributed by atoms with van der Waals surface area (Å²) in [6.07, 6.45) is 7.17. The Balaban J connectivity index is 1.68. The number of benzene rings is 1. The van der Waals surface area contributed by atoms with Crippen LogP contribution in [0.1, 0.15) is 82.5 Å². The molecular formula is C37H51N5O8S. The van der Waals surface area contributed by atoms with Gasteiger partial charge in [-0.15, -0.1) is 0 Å². The number of pyridine rings is 1. The van der Waals surface area contributed by atoms with Gasteiger partial charge >= 0.3 is 6.09 Å². The number of hydrogen-bond acceptors (Lipinski definition) is 11. The summed E-state index contributed by atoms with van der Waals surface area (Å²) >= 11 is 4.42. The van der Waals surface area contributed by atoms with Crippen molar-refractivity contribution < 1.29 is 38.6 Å². The molecule has 3 rings (SSSR count). The number of ether oxygens (including phenoxy) is 2. The van der Waals surface area contributed by atoms with Crippen LogP contribution in [0.15, 0.2) is 35.4 Å². The number of amides is 3. The molecule has 1 aromatic heterocycles. The van der Waals surface area contributed by atoms with Crippen molar-refractivity contribution in [2.45, 2.75) is 90.2 Å². The van der Waals surface area contributed by atoms with Gasteiger partial charge in [-0.05, 0) is 56.0 Å². The molecule has 0 fully saturated rings. The molecule has 14 heteroatoms. The Morgan fingerprint density at radius 1 is 1.14 bits per heavy atom. The van der Waals surface area contributed by atoms with Crippen LogP contribution in [0.4, 0.5) is 4.79 Å². The van der Waals surface area contributed by atoms with Crippen molar-refractivity contribution in [3.8, 4) is 5.75 Å². The van der Waals surface area contributed by atoms with Gasteiger partial charge in [0.1, 0.15) is 24.7 Å². The average Bonchev–Trinajstić information content (AvgIpc) is 3.41. The van der Waals surface area contributed by atoms with E-state index in [0.717, 1.165) is 48.6 Å². The van der Waals surface area contributed by atoms with Crippen molar-refractivity contribution in [1.29, 1.82) is 0 Å². The number of carbonyl (C=O) groups is 5. The fraction of sp³-hybridized carbons (Fsp3) is 0.514. The molecule has 1 aliphatic heterocycles. The van der Waals surface area contributed by atoms with E-state index in [1.54, 1.807) is 31.2 Å². The van der Waals surface area contributed by atoms with Crippen molar-refractivity contribution in [3.05, 3.63) is 52.2 Å². The summed E-state index contributed by atoms with van der Waals surface area (Å²) in [7, 11) is 3.42. The number of nitrogens with zero attached hydrogens (tertiary/aromatic N) is 3. The van der Waals surface area contributed by atoms with Crippen LogP contribution in [0.5, 0.6) is 5.75 Å². The lowest BCUT2D eigenvalue weighted by Gasteiger charge is -2.24. The predicted octanol–water partition coefficient (Wildman–Crippen LogP) is 4.65. The van der Waals surface area contributed by atoms with Crippen molar-refractivity contribution in [2.24, 2.45) is 0 Å². The molecule has 2 heterocycles. The van der Waals surface area contributed by atoms with E-state index >= 15 is 0 Å². The number of rotatable bonds is 20. The summed E-state index contributed by atoms with van der Waals surface area (Å²) in [5, 5.41) is 15.7. The number of aromatic nitrogens is 1. The molecule has 0 spiro atoms. The fourth-order valence-electron chi connectivity index (χ4n) is 5.93. The lowest BCUT2D eigenvalue weighted by atomic mass is 9.97. The number of fused-ring (bicyclic) bond motifs is 2. The Kier molecular flexibility index (Phi) is 16.3. The van der Waals surface area contributed by atoms with Gasteiger partial charge in [-0.3, -0.25) is 19.2 Å². The van der Waals surface area contributed by atoms with E-state index < -0.39 is 17.6 Å². The summed E-state index contributed by atoms with van der Waals surface area (Å²) in [5.41, 5.74) is 4.56. The van der Waals surface area contributed by atoms with Gasteiger partial charge in [0.15, 0.2) is 0 Å². The van der Waals surface area contributed by atoms with Gasteiger partial charge in [0, 0.05) is 55.7 Å². The summed E-state index contributed by atoms with van der Waals surface area (Å²) in [4.78, 5) is 69.0. The maximum atomic E-state index is 13.2. The molecule has 2 aromatic rings. The van der Waals surface area contributed by atoms with Crippen molar-refractivity contribution >= 4 is 59.9 Å². The van der Waals surface area contributed by atoms with E-state index in [-0.39, 0.29) is 49.3 Å². The molecule has 2 atom stereocenters. The highest BCUT2D eigenvalue weighted by atomic mass is 32.1. The maximum Gasteiger partial charge on any atom is 0.410 e. The van der Waals surface area contributed by atoms with Gasteiger partial charge in [0.2, 0.25) is 11.8 Å². The second-order valence-corrected chi connectivity index (χ2v) is 13.2. The molecule has 278 valence electrons. The van der Waals surface area contributed by atoms with E-state index in [4.69, 9.17) is 14.5 Å². The van der Waals surface area contributed by atoms with E-state index in [2.05, 4.69) is 30.2 Å². The Morgan fingerprint density at radius 2 is 1.88 bits per heavy atom. The average molecular weight is 726 g/mol. The van der Waals surface area contributed by atoms with Crippen LogP contribution in [0.2, 0.25) is 0 Å². The van der Waals surface area contributed by atoms with Crippen molar-refractivity contribution in [1.82, 2.24) is 25.4 Å². The molecule has 1 aliphatic rings. The number of thiol groups is 1. The molecule has 1 aromatic carbocycles. The largest absolute Gasteiger partial charge is 0.508 e. The normalized spacial score (nSPS) is 14.7. The first-order valence-corrected chi connectivity index (χ1v) is 17.9.